The topological polar surface area (TPSA) is 73.6 Å². The number of aryl methyl sites for hydroxylation is 1. The molecule has 1 rings (SSSR count). The molecular formula is C10H13ClO5S. The Bertz CT molecular complexity index is 515. The van der Waals surface area contributed by atoms with Crippen molar-refractivity contribution in [2.24, 2.45) is 5.92 Å². The molecule has 0 amide bonds. The summed E-state index contributed by atoms with van der Waals surface area (Å²) in [6, 6.07) is 1.07. The van der Waals surface area contributed by atoms with E-state index in [1.807, 2.05) is 13.8 Å². The van der Waals surface area contributed by atoms with Gasteiger partial charge in [-0.05, 0) is 12.8 Å². The summed E-state index contributed by atoms with van der Waals surface area (Å²) in [5, 5.41) is 0. The van der Waals surface area contributed by atoms with Crippen molar-refractivity contribution in [2.75, 3.05) is 6.61 Å². The van der Waals surface area contributed by atoms with Crippen LogP contribution < -0.4 is 0 Å². The smallest absolute Gasteiger partial charge is 0.374 e. The lowest BCUT2D eigenvalue weighted by Crippen LogP contribution is -2.09. The van der Waals surface area contributed by atoms with E-state index in [4.69, 9.17) is 19.8 Å². The predicted molar refractivity (Wildman–Crippen MR) is 61.6 cm³/mol. The molecule has 7 heteroatoms. The molecule has 1 aromatic heterocycles. The molecule has 0 bridgehead atoms. The van der Waals surface area contributed by atoms with Crippen molar-refractivity contribution in [3.05, 3.63) is 17.6 Å². The van der Waals surface area contributed by atoms with Gasteiger partial charge in [-0.1, -0.05) is 13.8 Å². The van der Waals surface area contributed by atoms with Crippen LogP contribution in [-0.4, -0.2) is 21.0 Å². The normalized spacial score (nSPS) is 11.8. The quantitative estimate of drug-likeness (QED) is 0.625. The van der Waals surface area contributed by atoms with E-state index < -0.39 is 15.0 Å². The third-order valence-electron chi connectivity index (χ3n) is 1.88. The molecule has 0 aliphatic heterocycles. The van der Waals surface area contributed by atoms with Gasteiger partial charge in [-0.3, -0.25) is 0 Å². The SMILES string of the molecule is Cc1oc(C(=O)OCC(C)C)cc1S(=O)(=O)Cl. The number of carbonyl (C=O) groups is 1. The van der Waals surface area contributed by atoms with Gasteiger partial charge in [0.15, 0.2) is 0 Å². The van der Waals surface area contributed by atoms with Crippen LogP contribution in [0.4, 0.5) is 0 Å². The minimum atomic E-state index is -3.91. The largest absolute Gasteiger partial charge is 0.460 e. The van der Waals surface area contributed by atoms with Crippen LogP contribution in [0.3, 0.4) is 0 Å². The van der Waals surface area contributed by atoms with E-state index in [0.717, 1.165) is 6.07 Å². The second-order valence-corrected chi connectivity index (χ2v) is 6.50. The van der Waals surface area contributed by atoms with Gasteiger partial charge < -0.3 is 9.15 Å². The summed E-state index contributed by atoms with van der Waals surface area (Å²) in [4.78, 5) is 11.3. The Hall–Kier alpha value is -1.01. The molecular weight excluding hydrogens is 268 g/mol. The van der Waals surface area contributed by atoms with E-state index in [0.29, 0.717) is 0 Å². The molecule has 0 atom stereocenters. The van der Waals surface area contributed by atoms with E-state index >= 15 is 0 Å². The maximum Gasteiger partial charge on any atom is 0.374 e. The first-order valence-electron chi connectivity index (χ1n) is 4.94. The maximum atomic E-state index is 11.5. The Balaban J connectivity index is 2.91. The van der Waals surface area contributed by atoms with Crippen LogP contribution in [0.2, 0.25) is 0 Å². The third kappa shape index (κ3) is 3.74. The Morgan fingerprint density at radius 2 is 2.12 bits per heavy atom. The molecule has 0 saturated heterocycles. The van der Waals surface area contributed by atoms with Crippen LogP contribution in [0.5, 0.6) is 0 Å². The van der Waals surface area contributed by atoms with E-state index in [9.17, 15) is 13.2 Å². The summed E-state index contributed by atoms with van der Waals surface area (Å²) in [6.45, 7) is 5.42. The summed E-state index contributed by atoms with van der Waals surface area (Å²) in [5.41, 5.74) is 0. The fourth-order valence-electron chi connectivity index (χ4n) is 1.12. The Morgan fingerprint density at radius 3 is 2.53 bits per heavy atom. The fourth-order valence-corrected chi connectivity index (χ4v) is 2.21. The molecule has 1 heterocycles. The standard InChI is InChI=1S/C10H13ClO5S/c1-6(2)5-15-10(12)8-4-9(7(3)16-8)17(11,13)14/h4,6H,5H2,1-3H3. The van der Waals surface area contributed by atoms with Crippen LogP contribution in [0.15, 0.2) is 15.4 Å². The Kier molecular flexibility index (Phi) is 4.21. The average molecular weight is 281 g/mol. The maximum absolute atomic E-state index is 11.5. The number of carbonyl (C=O) groups excluding carboxylic acids is 1. The van der Waals surface area contributed by atoms with E-state index in [-0.39, 0.29) is 28.9 Å². The van der Waals surface area contributed by atoms with Crippen LogP contribution >= 0.6 is 10.7 Å². The zero-order chi connectivity index (χ0) is 13.2. The van der Waals surface area contributed by atoms with Crippen LogP contribution in [0.25, 0.3) is 0 Å². The highest BCUT2D eigenvalue weighted by Crippen LogP contribution is 2.23. The molecule has 17 heavy (non-hydrogen) atoms. The van der Waals surface area contributed by atoms with Gasteiger partial charge in [0.2, 0.25) is 5.76 Å². The summed E-state index contributed by atoms with van der Waals surface area (Å²) < 4.78 is 32.1. The van der Waals surface area contributed by atoms with Crippen molar-refractivity contribution in [3.63, 3.8) is 0 Å². The van der Waals surface area contributed by atoms with Crippen molar-refractivity contribution in [3.8, 4) is 0 Å². The summed E-state index contributed by atoms with van der Waals surface area (Å²) >= 11 is 0. The predicted octanol–water partition coefficient (Wildman–Crippen LogP) is 2.33. The molecule has 1 aromatic rings. The Labute approximate surface area is 104 Å². The van der Waals surface area contributed by atoms with Crippen LogP contribution in [0, 0.1) is 12.8 Å². The zero-order valence-electron chi connectivity index (χ0n) is 9.69. The minimum absolute atomic E-state index is 0.0662. The lowest BCUT2D eigenvalue weighted by molar-refractivity contribution is 0.0421. The number of ether oxygens (including phenoxy) is 1. The molecule has 0 fully saturated rings. The molecule has 0 radical (unpaired) electrons. The van der Waals surface area contributed by atoms with E-state index in [2.05, 4.69) is 0 Å². The van der Waals surface area contributed by atoms with Crippen molar-refractivity contribution in [2.45, 2.75) is 25.7 Å². The molecule has 0 unspecified atom stereocenters. The summed E-state index contributed by atoms with van der Waals surface area (Å²) in [7, 11) is 1.26. The number of rotatable bonds is 4. The van der Waals surface area contributed by atoms with Crippen LogP contribution in [0.1, 0.15) is 30.2 Å². The highest BCUT2D eigenvalue weighted by atomic mass is 35.7. The first-order valence-corrected chi connectivity index (χ1v) is 7.25. The number of halogens is 1. The van der Waals surface area contributed by atoms with Gasteiger partial charge in [0.25, 0.3) is 9.05 Å². The first-order chi connectivity index (χ1) is 7.71. The van der Waals surface area contributed by atoms with Gasteiger partial charge in [0, 0.05) is 16.7 Å². The number of hydrogen-bond acceptors (Lipinski definition) is 5. The van der Waals surface area contributed by atoms with Gasteiger partial charge >= 0.3 is 5.97 Å². The van der Waals surface area contributed by atoms with Crippen LogP contribution in [-0.2, 0) is 13.8 Å². The monoisotopic (exact) mass is 280 g/mol. The second-order valence-electron chi connectivity index (χ2n) is 3.96. The molecule has 0 spiro atoms. The van der Waals surface area contributed by atoms with Gasteiger partial charge in [0.05, 0.1) is 6.61 Å². The molecule has 0 N–H and O–H groups in total. The number of hydrogen-bond donors (Lipinski definition) is 0. The first kappa shape index (κ1) is 14.1. The highest BCUT2D eigenvalue weighted by Gasteiger charge is 2.23. The van der Waals surface area contributed by atoms with Crippen molar-refractivity contribution >= 4 is 25.7 Å². The highest BCUT2D eigenvalue weighted by molar-refractivity contribution is 8.13. The lowest BCUT2D eigenvalue weighted by Gasteiger charge is -2.04. The average Bonchev–Trinajstić information content (AvgIpc) is 2.56. The molecule has 5 nitrogen and oxygen atoms in total. The Morgan fingerprint density at radius 1 is 1.53 bits per heavy atom. The molecule has 96 valence electrons. The molecule has 0 saturated carbocycles. The lowest BCUT2D eigenvalue weighted by atomic mass is 10.2. The summed E-state index contributed by atoms with van der Waals surface area (Å²) in [6.07, 6.45) is 0. The molecule has 0 aliphatic carbocycles. The van der Waals surface area contributed by atoms with Crippen molar-refractivity contribution in [1.82, 2.24) is 0 Å². The van der Waals surface area contributed by atoms with Crippen molar-refractivity contribution in [1.29, 1.82) is 0 Å². The third-order valence-corrected chi connectivity index (χ3v) is 3.31. The minimum Gasteiger partial charge on any atom is -0.460 e. The van der Waals surface area contributed by atoms with Gasteiger partial charge in [-0.15, -0.1) is 0 Å². The zero-order valence-corrected chi connectivity index (χ0v) is 11.3. The van der Waals surface area contributed by atoms with E-state index in [1.54, 1.807) is 0 Å². The number of esters is 1. The van der Waals surface area contributed by atoms with E-state index in [1.165, 1.54) is 6.92 Å². The fraction of sp³-hybridized carbons (Fsp3) is 0.500. The van der Waals surface area contributed by atoms with Gasteiger partial charge in [0.1, 0.15) is 10.7 Å². The molecule has 0 aliphatic rings. The second kappa shape index (κ2) is 5.10. The van der Waals surface area contributed by atoms with Crippen molar-refractivity contribution < 1.29 is 22.4 Å². The van der Waals surface area contributed by atoms with Gasteiger partial charge in [-0.2, -0.15) is 0 Å². The number of furan rings is 1. The van der Waals surface area contributed by atoms with Gasteiger partial charge in [-0.25, -0.2) is 13.2 Å². The molecule has 0 aromatic carbocycles. The summed E-state index contributed by atoms with van der Waals surface area (Å²) in [5.74, 6) is -0.613.